The summed E-state index contributed by atoms with van der Waals surface area (Å²) >= 11 is 0. The molecule has 0 aliphatic carbocycles. The molecule has 0 aliphatic heterocycles. The lowest BCUT2D eigenvalue weighted by atomic mass is 10.0. The quantitative estimate of drug-likeness (QED) is 0.871. The molecule has 0 fully saturated rings. The number of halogens is 3. The maximum Gasteiger partial charge on any atom is 0.417 e. The van der Waals surface area contributed by atoms with Crippen molar-refractivity contribution in [3.05, 3.63) is 35.5 Å². The van der Waals surface area contributed by atoms with Crippen molar-refractivity contribution in [2.24, 2.45) is 0 Å². The Labute approximate surface area is 103 Å². The summed E-state index contributed by atoms with van der Waals surface area (Å²) in [4.78, 5) is 0. The SMILES string of the molecule is CCn1cc(C(C)O)c2c(C(F)(F)F)cccc21. The van der Waals surface area contributed by atoms with Crippen LogP contribution in [0.1, 0.15) is 31.1 Å². The van der Waals surface area contributed by atoms with Gasteiger partial charge < -0.3 is 9.67 Å². The number of aromatic nitrogens is 1. The van der Waals surface area contributed by atoms with E-state index in [1.54, 1.807) is 16.8 Å². The van der Waals surface area contributed by atoms with Crippen LogP contribution in [0.2, 0.25) is 0 Å². The summed E-state index contributed by atoms with van der Waals surface area (Å²) in [6.07, 6.45) is -3.75. The van der Waals surface area contributed by atoms with Crippen molar-refractivity contribution >= 4 is 10.9 Å². The van der Waals surface area contributed by atoms with Gasteiger partial charge in [-0.2, -0.15) is 13.2 Å². The molecule has 1 atom stereocenters. The lowest BCUT2D eigenvalue weighted by molar-refractivity contribution is -0.136. The Bertz CT molecular complexity index is 569. The number of rotatable bonds is 2. The molecule has 1 N–H and O–H groups in total. The third kappa shape index (κ3) is 1.99. The molecule has 1 heterocycles. The second kappa shape index (κ2) is 4.31. The molecule has 0 bridgehead atoms. The minimum atomic E-state index is -4.41. The van der Waals surface area contributed by atoms with E-state index in [1.165, 1.54) is 13.0 Å². The highest BCUT2D eigenvalue weighted by Gasteiger charge is 2.34. The van der Waals surface area contributed by atoms with E-state index >= 15 is 0 Å². The first kappa shape index (κ1) is 13.0. The van der Waals surface area contributed by atoms with Crippen molar-refractivity contribution in [3.8, 4) is 0 Å². The van der Waals surface area contributed by atoms with E-state index in [9.17, 15) is 18.3 Å². The van der Waals surface area contributed by atoms with Crippen LogP contribution in [0.3, 0.4) is 0 Å². The Balaban J connectivity index is 2.85. The van der Waals surface area contributed by atoms with Gasteiger partial charge in [-0.25, -0.2) is 0 Å². The van der Waals surface area contributed by atoms with E-state index in [0.29, 0.717) is 17.6 Å². The number of aryl methyl sites for hydroxylation is 1. The zero-order chi connectivity index (χ0) is 13.5. The molecule has 18 heavy (non-hydrogen) atoms. The number of nitrogens with zero attached hydrogens (tertiary/aromatic N) is 1. The van der Waals surface area contributed by atoms with E-state index in [4.69, 9.17) is 0 Å². The molecule has 0 amide bonds. The van der Waals surface area contributed by atoms with Crippen molar-refractivity contribution in [2.75, 3.05) is 0 Å². The normalized spacial score (nSPS) is 14.1. The van der Waals surface area contributed by atoms with Gasteiger partial charge in [0.2, 0.25) is 0 Å². The van der Waals surface area contributed by atoms with E-state index < -0.39 is 17.8 Å². The van der Waals surface area contributed by atoms with Crippen LogP contribution < -0.4 is 0 Å². The second-order valence-corrected chi connectivity index (χ2v) is 4.24. The molecule has 98 valence electrons. The Kier molecular flexibility index (Phi) is 3.11. The summed E-state index contributed by atoms with van der Waals surface area (Å²) in [7, 11) is 0. The Morgan fingerprint density at radius 1 is 1.33 bits per heavy atom. The van der Waals surface area contributed by atoms with Crippen molar-refractivity contribution in [2.45, 2.75) is 32.7 Å². The predicted octanol–water partition coefficient (Wildman–Crippen LogP) is 3.73. The molecule has 0 radical (unpaired) electrons. The average molecular weight is 257 g/mol. The third-order valence-corrected chi connectivity index (χ3v) is 3.03. The van der Waals surface area contributed by atoms with Gasteiger partial charge >= 0.3 is 6.18 Å². The minimum Gasteiger partial charge on any atom is -0.389 e. The van der Waals surface area contributed by atoms with Crippen LogP contribution in [0.5, 0.6) is 0 Å². The molecule has 0 saturated carbocycles. The van der Waals surface area contributed by atoms with Gasteiger partial charge in [0.15, 0.2) is 0 Å². The Morgan fingerprint density at radius 2 is 2.00 bits per heavy atom. The van der Waals surface area contributed by atoms with E-state index in [1.807, 2.05) is 6.92 Å². The topological polar surface area (TPSA) is 25.2 Å². The predicted molar refractivity (Wildman–Crippen MR) is 63.2 cm³/mol. The third-order valence-electron chi connectivity index (χ3n) is 3.03. The number of hydrogen-bond donors (Lipinski definition) is 1. The molecule has 2 nitrogen and oxygen atoms in total. The first-order chi connectivity index (χ1) is 8.36. The average Bonchev–Trinajstić information content (AvgIpc) is 2.66. The van der Waals surface area contributed by atoms with Gasteiger partial charge in [0.25, 0.3) is 0 Å². The molecule has 1 aromatic heterocycles. The zero-order valence-electron chi connectivity index (χ0n) is 10.1. The monoisotopic (exact) mass is 257 g/mol. The summed E-state index contributed by atoms with van der Waals surface area (Å²) in [5.41, 5.74) is 0.131. The van der Waals surface area contributed by atoms with E-state index in [2.05, 4.69) is 0 Å². The largest absolute Gasteiger partial charge is 0.417 e. The van der Waals surface area contributed by atoms with Gasteiger partial charge in [-0.05, 0) is 26.0 Å². The number of benzene rings is 1. The van der Waals surface area contributed by atoms with Gasteiger partial charge in [0.1, 0.15) is 0 Å². The smallest absolute Gasteiger partial charge is 0.389 e. The van der Waals surface area contributed by atoms with Crippen LogP contribution in [-0.2, 0) is 12.7 Å². The van der Waals surface area contributed by atoms with Crippen LogP contribution >= 0.6 is 0 Å². The molecular formula is C13H14F3NO. The van der Waals surface area contributed by atoms with Crippen molar-refractivity contribution < 1.29 is 18.3 Å². The minimum absolute atomic E-state index is 0.0989. The first-order valence-corrected chi connectivity index (χ1v) is 5.73. The maximum absolute atomic E-state index is 13.0. The van der Waals surface area contributed by atoms with Gasteiger partial charge in [-0.15, -0.1) is 0 Å². The highest BCUT2D eigenvalue weighted by atomic mass is 19.4. The molecule has 1 unspecified atom stereocenters. The number of fused-ring (bicyclic) bond motifs is 1. The number of hydrogen-bond acceptors (Lipinski definition) is 1. The van der Waals surface area contributed by atoms with Crippen LogP contribution in [0, 0.1) is 0 Å². The molecule has 2 rings (SSSR count). The van der Waals surface area contributed by atoms with E-state index in [0.717, 1.165) is 6.07 Å². The Morgan fingerprint density at radius 3 is 2.50 bits per heavy atom. The summed E-state index contributed by atoms with van der Waals surface area (Å²) in [6, 6.07) is 4.08. The van der Waals surface area contributed by atoms with Crippen molar-refractivity contribution in [3.63, 3.8) is 0 Å². The van der Waals surface area contributed by atoms with Gasteiger partial charge in [-0.3, -0.25) is 0 Å². The fourth-order valence-corrected chi connectivity index (χ4v) is 2.20. The Hall–Kier alpha value is -1.49. The second-order valence-electron chi connectivity index (χ2n) is 4.24. The maximum atomic E-state index is 13.0. The fourth-order valence-electron chi connectivity index (χ4n) is 2.20. The van der Waals surface area contributed by atoms with Gasteiger partial charge in [0, 0.05) is 29.2 Å². The number of aliphatic hydroxyl groups excluding tert-OH is 1. The van der Waals surface area contributed by atoms with Crippen LogP contribution in [0.4, 0.5) is 13.2 Å². The standard InChI is InChI=1S/C13H14F3NO/c1-3-17-7-9(8(2)18)12-10(13(14,15)16)5-4-6-11(12)17/h4-8,18H,3H2,1-2H3. The summed E-state index contributed by atoms with van der Waals surface area (Å²) < 4.78 is 40.7. The molecular weight excluding hydrogens is 243 g/mol. The highest BCUT2D eigenvalue weighted by molar-refractivity contribution is 5.88. The summed E-state index contributed by atoms with van der Waals surface area (Å²) in [6.45, 7) is 3.89. The summed E-state index contributed by atoms with van der Waals surface area (Å²) in [5.74, 6) is 0. The van der Waals surface area contributed by atoms with Crippen LogP contribution in [-0.4, -0.2) is 9.67 Å². The highest BCUT2D eigenvalue weighted by Crippen LogP contribution is 2.38. The van der Waals surface area contributed by atoms with Crippen molar-refractivity contribution in [1.82, 2.24) is 4.57 Å². The molecule has 0 aliphatic rings. The van der Waals surface area contributed by atoms with E-state index in [-0.39, 0.29) is 5.39 Å². The van der Waals surface area contributed by atoms with Gasteiger partial charge in [0.05, 0.1) is 11.7 Å². The molecule has 2 aromatic rings. The van der Waals surface area contributed by atoms with Crippen LogP contribution in [0.25, 0.3) is 10.9 Å². The molecule has 0 saturated heterocycles. The number of aliphatic hydroxyl groups is 1. The number of alkyl halides is 3. The molecule has 1 aromatic carbocycles. The lowest BCUT2D eigenvalue weighted by Gasteiger charge is -2.11. The molecule has 5 heteroatoms. The zero-order valence-corrected chi connectivity index (χ0v) is 10.1. The lowest BCUT2D eigenvalue weighted by Crippen LogP contribution is -2.06. The molecule has 0 spiro atoms. The first-order valence-electron chi connectivity index (χ1n) is 5.73. The summed E-state index contributed by atoms with van der Waals surface area (Å²) in [5, 5.41) is 9.74. The van der Waals surface area contributed by atoms with Crippen molar-refractivity contribution in [1.29, 1.82) is 0 Å². The van der Waals surface area contributed by atoms with Crippen LogP contribution in [0.15, 0.2) is 24.4 Å². The fraction of sp³-hybridized carbons (Fsp3) is 0.385. The van der Waals surface area contributed by atoms with Gasteiger partial charge in [-0.1, -0.05) is 6.07 Å².